The van der Waals surface area contributed by atoms with Crippen molar-refractivity contribution in [2.75, 3.05) is 7.11 Å². The molecule has 22 heavy (non-hydrogen) atoms. The van der Waals surface area contributed by atoms with Crippen molar-refractivity contribution < 1.29 is 9.53 Å². The summed E-state index contributed by atoms with van der Waals surface area (Å²) in [6.07, 6.45) is 5.12. The molecule has 0 bridgehead atoms. The lowest BCUT2D eigenvalue weighted by atomic mass is 9.80. The Balaban J connectivity index is 1.81. The minimum atomic E-state index is -0.0867. The highest BCUT2D eigenvalue weighted by molar-refractivity contribution is 5.95. The van der Waals surface area contributed by atoms with Gasteiger partial charge >= 0.3 is 0 Å². The van der Waals surface area contributed by atoms with E-state index in [0.29, 0.717) is 22.9 Å². The van der Waals surface area contributed by atoms with Crippen molar-refractivity contribution in [3.63, 3.8) is 0 Å². The smallest absolute Gasteiger partial charge is 0.251 e. The fourth-order valence-corrected chi connectivity index (χ4v) is 2.63. The first-order valence-electron chi connectivity index (χ1n) is 7.41. The Morgan fingerprint density at radius 3 is 2.86 bits per heavy atom. The number of ether oxygens (including phenoxy) is 1. The Hall–Kier alpha value is -2.44. The number of tetrazole rings is 1. The van der Waals surface area contributed by atoms with Crippen LogP contribution in [0.5, 0.6) is 5.75 Å². The van der Waals surface area contributed by atoms with Gasteiger partial charge in [0.15, 0.2) is 0 Å². The summed E-state index contributed by atoms with van der Waals surface area (Å²) < 4.78 is 6.78. The van der Waals surface area contributed by atoms with E-state index in [9.17, 15) is 4.79 Å². The number of benzene rings is 1. The molecule has 3 rings (SSSR count). The molecule has 1 saturated carbocycles. The van der Waals surface area contributed by atoms with Crippen molar-refractivity contribution in [3.8, 4) is 11.4 Å². The summed E-state index contributed by atoms with van der Waals surface area (Å²) in [6.45, 7) is 2.06. The molecule has 1 aliphatic rings. The zero-order valence-corrected chi connectivity index (χ0v) is 12.7. The maximum absolute atomic E-state index is 12.4. The van der Waals surface area contributed by atoms with E-state index in [-0.39, 0.29) is 11.9 Å². The van der Waals surface area contributed by atoms with Crippen LogP contribution in [0.25, 0.3) is 5.69 Å². The van der Waals surface area contributed by atoms with E-state index in [1.807, 2.05) is 0 Å². The molecule has 1 atom stereocenters. The minimum Gasteiger partial charge on any atom is -0.494 e. The van der Waals surface area contributed by atoms with Gasteiger partial charge in [-0.25, -0.2) is 0 Å². The zero-order valence-electron chi connectivity index (χ0n) is 12.7. The number of amides is 1. The van der Waals surface area contributed by atoms with Gasteiger partial charge in [-0.1, -0.05) is 6.42 Å². The number of carbonyl (C=O) groups is 1. The van der Waals surface area contributed by atoms with E-state index in [4.69, 9.17) is 4.74 Å². The Labute approximate surface area is 128 Å². The number of hydrogen-bond acceptors (Lipinski definition) is 5. The summed E-state index contributed by atoms with van der Waals surface area (Å²) in [7, 11) is 1.57. The maximum Gasteiger partial charge on any atom is 0.251 e. The minimum absolute atomic E-state index is 0.0867. The van der Waals surface area contributed by atoms with Crippen LogP contribution in [-0.4, -0.2) is 39.3 Å². The molecule has 0 unspecified atom stereocenters. The molecule has 1 aromatic carbocycles. The highest BCUT2D eigenvalue weighted by atomic mass is 16.5. The van der Waals surface area contributed by atoms with Crippen molar-refractivity contribution in [1.82, 2.24) is 25.5 Å². The van der Waals surface area contributed by atoms with Gasteiger partial charge in [0.1, 0.15) is 17.8 Å². The van der Waals surface area contributed by atoms with Crippen LogP contribution in [0.4, 0.5) is 0 Å². The molecular weight excluding hydrogens is 282 g/mol. The highest BCUT2D eigenvalue weighted by Crippen LogP contribution is 2.29. The number of hydrogen-bond donors (Lipinski definition) is 1. The highest BCUT2D eigenvalue weighted by Gasteiger charge is 2.25. The van der Waals surface area contributed by atoms with Crippen molar-refractivity contribution >= 4 is 5.91 Å². The molecule has 7 nitrogen and oxygen atoms in total. The third-order valence-corrected chi connectivity index (χ3v) is 4.25. The number of rotatable bonds is 5. The molecule has 1 aromatic heterocycles. The van der Waals surface area contributed by atoms with E-state index >= 15 is 0 Å². The molecule has 1 N–H and O–H groups in total. The van der Waals surface area contributed by atoms with Crippen molar-refractivity contribution in [1.29, 1.82) is 0 Å². The van der Waals surface area contributed by atoms with E-state index in [1.165, 1.54) is 30.3 Å². The van der Waals surface area contributed by atoms with Crippen molar-refractivity contribution in [2.45, 2.75) is 32.2 Å². The van der Waals surface area contributed by atoms with Crippen LogP contribution in [0.15, 0.2) is 24.5 Å². The van der Waals surface area contributed by atoms with E-state index in [1.54, 1.807) is 25.3 Å². The normalized spacial score (nSPS) is 15.9. The number of methoxy groups -OCH3 is 1. The quantitative estimate of drug-likeness (QED) is 0.907. The topological polar surface area (TPSA) is 81.9 Å². The average Bonchev–Trinajstić information content (AvgIpc) is 2.98. The van der Waals surface area contributed by atoms with E-state index < -0.39 is 0 Å². The molecule has 7 heteroatoms. The first-order chi connectivity index (χ1) is 10.7. The maximum atomic E-state index is 12.4. The molecule has 1 heterocycles. The van der Waals surface area contributed by atoms with Crippen LogP contribution in [0.3, 0.4) is 0 Å². The summed E-state index contributed by atoms with van der Waals surface area (Å²) >= 11 is 0. The molecule has 0 saturated heterocycles. The molecule has 1 aliphatic carbocycles. The average molecular weight is 301 g/mol. The number of nitrogens with zero attached hydrogens (tertiary/aromatic N) is 4. The number of nitrogens with one attached hydrogen (secondary N) is 1. The van der Waals surface area contributed by atoms with Gasteiger partial charge in [0.05, 0.1) is 7.11 Å². The third kappa shape index (κ3) is 2.79. The summed E-state index contributed by atoms with van der Waals surface area (Å²) in [5.74, 6) is 1.12. The van der Waals surface area contributed by atoms with Crippen LogP contribution in [0.2, 0.25) is 0 Å². The predicted octanol–water partition coefficient (Wildman–Crippen LogP) is 1.59. The van der Waals surface area contributed by atoms with Crippen LogP contribution in [0, 0.1) is 5.92 Å². The van der Waals surface area contributed by atoms with Crippen LogP contribution >= 0.6 is 0 Å². The number of aromatic nitrogens is 4. The zero-order chi connectivity index (χ0) is 15.5. The lowest BCUT2D eigenvalue weighted by Crippen LogP contribution is -2.40. The molecule has 0 spiro atoms. The van der Waals surface area contributed by atoms with Gasteiger partial charge < -0.3 is 10.1 Å². The van der Waals surface area contributed by atoms with E-state index in [0.717, 1.165) is 0 Å². The molecular formula is C15H19N5O2. The van der Waals surface area contributed by atoms with Gasteiger partial charge in [-0.2, -0.15) is 4.68 Å². The first kappa shape index (κ1) is 14.5. The van der Waals surface area contributed by atoms with Crippen LogP contribution < -0.4 is 10.1 Å². The van der Waals surface area contributed by atoms with Crippen LogP contribution in [-0.2, 0) is 0 Å². The van der Waals surface area contributed by atoms with Crippen molar-refractivity contribution in [2.24, 2.45) is 5.92 Å². The van der Waals surface area contributed by atoms with E-state index in [2.05, 4.69) is 27.8 Å². The fourth-order valence-electron chi connectivity index (χ4n) is 2.63. The SMILES string of the molecule is COc1ccc(C(=O)N[C@@H](C)C2CCC2)cc1-n1cnnn1. The number of carbonyl (C=O) groups excluding carboxylic acids is 1. The Kier molecular flexibility index (Phi) is 4.04. The molecule has 1 amide bonds. The van der Waals surface area contributed by atoms with Gasteiger partial charge in [0.25, 0.3) is 5.91 Å². The summed E-state index contributed by atoms with van der Waals surface area (Å²) in [4.78, 5) is 12.4. The van der Waals surface area contributed by atoms with Gasteiger partial charge in [0, 0.05) is 11.6 Å². The summed E-state index contributed by atoms with van der Waals surface area (Å²) in [5.41, 5.74) is 1.20. The van der Waals surface area contributed by atoms with Gasteiger partial charge in [0.2, 0.25) is 0 Å². The monoisotopic (exact) mass is 301 g/mol. The lowest BCUT2D eigenvalue weighted by molar-refractivity contribution is 0.0909. The largest absolute Gasteiger partial charge is 0.494 e. The fraction of sp³-hybridized carbons (Fsp3) is 0.467. The second kappa shape index (κ2) is 6.13. The Morgan fingerprint density at radius 1 is 1.45 bits per heavy atom. The Bertz CT molecular complexity index is 652. The lowest BCUT2D eigenvalue weighted by Gasteiger charge is -2.31. The molecule has 116 valence electrons. The second-order valence-electron chi connectivity index (χ2n) is 5.59. The molecule has 1 fully saturated rings. The first-order valence-corrected chi connectivity index (χ1v) is 7.41. The Morgan fingerprint density at radius 2 is 2.27 bits per heavy atom. The second-order valence-corrected chi connectivity index (χ2v) is 5.59. The molecule has 0 radical (unpaired) electrons. The van der Waals surface area contributed by atoms with Crippen LogP contribution in [0.1, 0.15) is 36.5 Å². The molecule has 0 aliphatic heterocycles. The standard InChI is InChI=1S/C15H19N5O2/c1-10(11-4-3-5-11)17-15(21)12-6-7-14(22-2)13(8-12)20-9-16-18-19-20/h6-11H,3-5H2,1-2H3,(H,17,21)/t10-/m0/s1. The van der Waals surface area contributed by atoms with Crippen molar-refractivity contribution in [3.05, 3.63) is 30.1 Å². The summed E-state index contributed by atoms with van der Waals surface area (Å²) in [5, 5.41) is 14.1. The van der Waals surface area contributed by atoms with Gasteiger partial charge in [-0.15, -0.1) is 5.10 Å². The van der Waals surface area contributed by atoms with Gasteiger partial charge in [-0.3, -0.25) is 4.79 Å². The van der Waals surface area contributed by atoms with Gasteiger partial charge in [-0.05, 0) is 54.3 Å². The molecule has 2 aromatic rings. The summed E-state index contributed by atoms with van der Waals surface area (Å²) in [6, 6.07) is 5.42. The predicted molar refractivity (Wildman–Crippen MR) is 80.0 cm³/mol. The third-order valence-electron chi connectivity index (χ3n) is 4.25.